The number of fused-ring (bicyclic) bond motifs is 1. The lowest BCUT2D eigenvalue weighted by atomic mass is 9.97. The Bertz CT molecular complexity index is 822. The third kappa shape index (κ3) is 4.29. The molecule has 2 aromatic rings. The van der Waals surface area contributed by atoms with Crippen molar-refractivity contribution in [3.05, 3.63) is 24.3 Å². The van der Waals surface area contributed by atoms with Crippen molar-refractivity contribution in [1.82, 2.24) is 19.4 Å². The number of imidazole rings is 1. The maximum absolute atomic E-state index is 13.1. The highest BCUT2D eigenvalue weighted by molar-refractivity contribution is 7.99. The van der Waals surface area contributed by atoms with E-state index in [0.717, 1.165) is 29.0 Å². The summed E-state index contributed by atoms with van der Waals surface area (Å²) < 4.78 is 1.96. The van der Waals surface area contributed by atoms with E-state index in [-0.39, 0.29) is 30.4 Å². The summed E-state index contributed by atoms with van der Waals surface area (Å²) in [5.41, 5.74) is 1.79. The van der Waals surface area contributed by atoms with Gasteiger partial charge in [0.05, 0.1) is 16.8 Å². The Morgan fingerprint density at radius 1 is 1.19 bits per heavy atom. The monoisotopic (exact) mass is 388 g/mol. The number of carbonyl (C=O) groups excluding carboxylic acids is 2. The fourth-order valence-corrected chi connectivity index (χ4v) is 4.69. The molecular formula is C20H28N4O2S. The van der Waals surface area contributed by atoms with Crippen LogP contribution in [0.5, 0.6) is 0 Å². The van der Waals surface area contributed by atoms with Crippen molar-refractivity contribution in [2.24, 2.45) is 0 Å². The Kier molecular flexibility index (Phi) is 6.09. The van der Waals surface area contributed by atoms with Crippen LogP contribution < -0.4 is 0 Å². The molecular weight excluding hydrogens is 360 g/mol. The van der Waals surface area contributed by atoms with Crippen molar-refractivity contribution in [1.29, 1.82) is 0 Å². The van der Waals surface area contributed by atoms with E-state index >= 15 is 0 Å². The number of benzene rings is 1. The van der Waals surface area contributed by atoms with Gasteiger partial charge >= 0.3 is 0 Å². The van der Waals surface area contributed by atoms with Crippen molar-refractivity contribution in [3.8, 4) is 0 Å². The molecule has 146 valence electrons. The minimum absolute atomic E-state index is 0.0307. The first-order chi connectivity index (χ1) is 12.9. The van der Waals surface area contributed by atoms with Gasteiger partial charge in [0.15, 0.2) is 5.16 Å². The number of hydrogen-bond donors (Lipinski definition) is 0. The highest BCUT2D eigenvalue weighted by Gasteiger charge is 2.29. The lowest BCUT2D eigenvalue weighted by Crippen LogP contribution is -2.48. The Morgan fingerprint density at radius 2 is 1.85 bits per heavy atom. The van der Waals surface area contributed by atoms with Gasteiger partial charge < -0.3 is 14.4 Å². The zero-order valence-electron chi connectivity index (χ0n) is 16.5. The number of likely N-dealkylation sites (tertiary alicyclic amines) is 1. The van der Waals surface area contributed by atoms with Crippen LogP contribution in [0.3, 0.4) is 0 Å². The van der Waals surface area contributed by atoms with Gasteiger partial charge in [0.2, 0.25) is 11.8 Å². The molecule has 27 heavy (non-hydrogen) atoms. The molecule has 2 atom stereocenters. The molecule has 2 heterocycles. The summed E-state index contributed by atoms with van der Waals surface area (Å²) >= 11 is 1.39. The second-order valence-corrected chi connectivity index (χ2v) is 8.42. The average molecular weight is 389 g/mol. The fourth-order valence-electron chi connectivity index (χ4n) is 3.70. The minimum atomic E-state index is 0.0307. The Hall–Kier alpha value is -2.02. The van der Waals surface area contributed by atoms with Gasteiger partial charge in [-0.2, -0.15) is 0 Å². The summed E-state index contributed by atoms with van der Waals surface area (Å²) in [4.78, 5) is 33.4. The Balaban J connectivity index is 1.86. The van der Waals surface area contributed by atoms with E-state index in [1.165, 1.54) is 18.2 Å². The van der Waals surface area contributed by atoms with Crippen molar-refractivity contribution < 1.29 is 9.59 Å². The molecule has 0 N–H and O–H groups in total. The molecule has 0 saturated carbocycles. The summed E-state index contributed by atoms with van der Waals surface area (Å²) in [5.74, 6) is 0.461. The second kappa shape index (κ2) is 8.33. The van der Waals surface area contributed by atoms with Crippen LogP contribution in [0.1, 0.15) is 33.1 Å². The van der Waals surface area contributed by atoms with E-state index in [4.69, 9.17) is 0 Å². The van der Waals surface area contributed by atoms with Crippen LogP contribution in [0.15, 0.2) is 29.4 Å². The normalized spacial score (nSPS) is 20.1. The van der Waals surface area contributed by atoms with Crippen LogP contribution in [0.25, 0.3) is 11.0 Å². The molecule has 0 aliphatic carbocycles. The van der Waals surface area contributed by atoms with Gasteiger partial charge in [0.25, 0.3) is 0 Å². The summed E-state index contributed by atoms with van der Waals surface area (Å²) in [6.45, 7) is 4.52. The third-order valence-corrected chi connectivity index (χ3v) is 6.18. The predicted molar refractivity (Wildman–Crippen MR) is 109 cm³/mol. The number of piperidine rings is 1. The molecule has 1 saturated heterocycles. The number of amides is 2. The first-order valence-corrected chi connectivity index (χ1v) is 10.5. The highest BCUT2D eigenvalue weighted by atomic mass is 32.2. The zero-order chi connectivity index (χ0) is 19.6. The van der Waals surface area contributed by atoms with Gasteiger partial charge in [0, 0.05) is 26.2 Å². The topological polar surface area (TPSA) is 58.4 Å². The molecule has 1 aliphatic heterocycles. The van der Waals surface area contributed by atoms with Gasteiger partial charge in [-0.3, -0.25) is 9.59 Å². The average Bonchev–Trinajstić information content (AvgIpc) is 2.97. The zero-order valence-corrected chi connectivity index (χ0v) is 17.3. The van der Waals surface area contributed by atoms with Gasteiger partial charge in [-0.25, -0.2) is 4.98 Å². The van der Waals surface area contributed by atoms with Crippen molar-refractivity contribution >= 4 is 34.6 Å². The molecule has 6 nitrogen and oxygen atoms in total. The molecule has 0 unspecified atom stereocenters. The van der Waals surface area contributed by atoms with Crippen LogP contribution in [-0.2, 0) is 16.1 Å². The minimum Gasteiger partial charge on any atom is -0.348 e. The van der Waals surface area contributed by atoms with Crippen LogP contribution in [-0.4, -0.2) is 63.1 Å². The molecule has 1 aliphatic rings. The molecule has 0 spiro atoms. The molecule has 1 aromatic carbocycles. The van der Waals surface area contributed by atoms with Gasteiger partial charge in [-0.15, -0.1) is 0 Å². The maximum atomic E-state index is 13.1. The molecule has 0 radical (unpaired) electrons. The Labute approximate surface area is 164 Å². The third-order valence-electron chi connectivity index (χ3n) is 5.22. The largest absolute Gasteiger partial charge is 0.348 e. The van der Waals surface area contributed by atoms with E-state index in [1.807, 2.05) is 33.7 Å². The number of carbonyl (C=O) groups is 2. The van der Waals surface area contributed by atoms with Crippen LogP contribution in [0, 0.1) is 0 Å². The number of thioether (sulfide) groups is 1. The predicted octanol–water partition coefficient (Wildman–Crippen LogP) is 3.01. The summed E-state index contributed by atoms with van der Waals surface area (Å²) in [7, 11) is 3.49. The summed E-state index contributed by atoms with van der Waals surface area (Å²) in [6.07, 6.45) is 3.28. The van der Waals surface area contributed by atoms with Crippen LogP contribution in [0.2, 0.25) is 0 Å². The van der Waals surface area contributed by atoms with Crippen molar-refractivity contribution in [2.75, 3.05) is 19.8 Å². The molecule has 2 amide bonds. The van der Waals surface area contributed by atoms with E-state index in [9.17, 15) is 9.59 Å². The van der Waals surface area contributed by atoms with E-state index in [0.29, 0.717) is 5.75 Å². The molecule has 1 aromatic heterocycles. The maximum Gasteiger partial charge on any atom is 0.243 e. The molecule has 3 rings (SSSR count). The number of rotatable bonds is 5. The smallest absolute Gasteiger partial charge is 0.243 e. The van der Waals surface area contributed by atoms with Crippen molar-refractivity contribution in [3.63, 3.8) is 0 Å². The van der Waals surface area contributed by atoms with Gasteiger partial charge in [-0.05, 0) is 45.2 Å². The lowest BCUT2D eigenvalue weighted by Gasteiger charge is -2.39. The summed E-state index contributed by atoms with van der Waals surface area (Å²) in [6, 6.07) is 8.35. The quantitative estimate of drug-likeness (QED) is 0.739. The van der Waals surface area contributed by atoms with Crippen LogP contribution in [0.4, 0.5) is 0 Å². The number of nitrogens with zero attached hydrogens (tertiary/aromatic N) is 4. The SMILES string of the molecule is C[C@H]1CCC[C@H](C)N1C(=O)Cn1c(SCC(=O)N(C)C)nc2ccccc21. The van der Waals surface area contributed by atoms with Gasteiger partial charge in [-0.1, -0.05) is 23.9 Å². The van der Waals surface area contributed by atoms with E-state index < -0.39 is 0 Å². The van der Waals surface area contributed by atoms with E-state index in [2.05, 4.69) is 18.8 Å². The highest BCUT2D eigenvalue weighted by Crippen LogP contribution is 2.27. The molecule has 0 bridgehead atoms. The summed E-state index contributed by atoms with van der Waals surface area (Å²) in [5, 5.41) is 0.720. The lowest BCUT2D eigenvalue weighted by molar-refractivity contribution is -0.138. The second-order valence-electron chi connectivity index (χ2n) is 7.48. The molecule has 7 heteroatoms. The number of para-hydroxylation sites is 2. The number of aromatic nitrogens is 2. The first kappa shape index (κ1) is 19.7. The van der Waals surface area contributed by atoms with Gasteiger partial charge in [0.1, 0.15) is 6.54 Å². The van der Waals surface area contributed by atoms with Crippen molar-refractivity contribution in [2.45, 2.75) is 56.9 Å². The Morgan fingerprint density at radius 3 is 2.52 bits per heavy atom. The number of hydrogen-bond acceptors (Lipinski definition) is 4. The fraction of sp³-hybridized carbons (Fsp3) is 0.550. The van der Waals surface area contributed by atoms with Crippen LogP contribution >= 0.6 is 11.8 Å². The molecule has 1 fully saturated rings. The first-order valence-electron chi connectivity index (χ1n) is 9.48. The van der Waals surface area contributed by atoms with E-state index in [1.54, 1.807) is 19.0 Å². The standard InChI is InChI=1S/C20H28N4O2S/c1-14-8-7-9-15(2)24(14)18(25)12-23-17-11-6-5-10-16(17)21-20(23)27-13-19(26)22(3)4/h5-6,10-11,14-15H,7-9,12-13H2,1-4H3/t14-,15-/m0/s1.